The minimum atomic E-state index is -0.411. The van der Waals surface area contributed by atoms with E-state index in [4.69, 9.17) is 5.73 Å². The van der Waals surface area contributed by atoms with Crippen molar-refractivity contribution in [3.63, 3.8) is 0 Å². The second-order valence-electron chi connectivity index (χ2n) is 5.31. The van der Waals surface area contributed by atoms with Crippen LogP contribution in [-0.4, -0.2) is 10.2 Å². The van der Waals surface area contributed by atoms with Crippen LogP contribution < -0.4 is 5.73 Å². The highest BCUT2D eigenvalue weighted by atomic mass is 32.2. The van der Waals surface area contributed by atoms with Crippen molar-refractivity contribution < 1.29 is 4.92 Å². The van der Waals surface area contributed by atoms with E-state index in [0.29, 0.717) is 10.9 Å². The van der Waals surface area contributed by atoms with E-state index in [9.17, 15) is 10.1 Å². The number of nitro benzene ring substituents is 1. The van der Waals surface area contributed by atoms with Gasteiger partial charge in [-0.1, -0.05) is 31.9 Å². The van der Waals surface area contributed by atoms with E-state index in [1.165, 1.54) is 31.7 Å². The Hall–Kier alpha value is -1.23. The Balaban J connectivity index is 1.99. The molecule has 2 unspecified atom stereocenters. The van der Waals surface area contributed by atoms with Gasteiger partial charge in [0.15, 0.2) is 0 Å². The molecular formula is C14H20N2O2S. The highest BCUT2D eigenvalue weighted by Gasteiger charge is 2.20. The first kappa shape index (κ1) is 14.2. The summed E-state index contributed by atoms with van der Waals surface area (Å²) in [4.78, 5) is 10.4. The van der Waals surface area contributed by atoms with Crippen LogP contribution >= 0.6 is 11.8 Å². The molecule has 0 aromatic heterocycles. The number of benzene rings is 1. The van der Waals surface area contributed by atoms with E-state index in [2.05, 4.69) is 6.92 Å². The molecule has 0 radical (unpaired) electrons. The number of nitrogens with two attached hydrogens (primary N) is 1. The molecule has 0 bridgehead atoms. The molecule has 1 aromatic rings. The van der Waals surface area contributed by atoms with Crippen molar-refractivity contribution in [3.05, 3.63) is 33.9 Å². The summed E-state index contributed by atoms with van der Waals surface area (Å²) < 4.78 is 0. The third kappa shape index (κ3) is 3.62. The minimum Gasteiger partial charge on any atom is -0.393 e. The molecule has 0 amide bonds. The van der Waals surface area contributed by atoms with Crippen molar-refractivity contribution in [2.75, 3.05) is 5.73 Å². The lowest BCUT2D eigenvalue weighted by Crippen LogP contribution is -2.15. The molecule has 0 aliphatic heterocycles. The smallest absolute Gasteiger partial charge is 0.292 e. The van der Waals surface area contributed by atoms with Gasteiger partial charge in [-0.05, 0) is 24.3 Å². The molecule has 1 fully saturated rings. The van der Waals surface area contributed by atoms with Crippen molar-refractivity contribution in [2.24, 2.45) is 5.92 Å². The monoisotopic (exact) mass is 280 g/mol. The zero-order valence-corrected chi connectivity index (χ0v) is 12.0. The fourth-order valence-electron chi connectivity index (χ4n) is 2.62. The Labute approximate surface area is 117 Å². The van der Waals surface area contributed by atoms with Crippen LogP contribution in [0.2, 0.25) is 0 Å². The Morgan fingerprint density at radius 2 is 2.26 bits per heavy atom. The van der Waals surface area contributed by atoms with Crippen molar-refractivity contribution in [1.29, 1.82) is 0 Å². The van der Waals surface area contributed by atoms with E-state index in [0.717, 1.165) is 17.2 Å². The zero-order chi connectivity index (χ0) is 13.8. The third-order valence-electron chi connectivity index (χ3n) is 3.73. The second-order valence-corrected chi connectivity index (χ2v) is 6.60. The standard InChI is InChI=1S/C14H20N2O2S/c1-10-4-2-6-12(8-10)19-9-11-5-3-7-13(14(11)15)16(17)18/h3,5,7,10,12H,2,4,6,8-9,15H2,1H3. The van der Waals surface area contributed by atoms with Gasteiger partial charge < -0.3 is 5.73 Å². The average Bonchev–Trinajstić information content (AvgIpc) is 2.37. The summed E-state index contributed by atoms with van der Waals surface area (Å²) in [5.74, 6) is 1.57. The number of thioether (sulfide) groups is 1. The molecular weight excluding hydrogens is 260 g/mol. The van der Waals surface area contributed by atoms with Gasteiger partial charge in [-0.3, -0.25) is 10.1 Å². The molecule has 2 N–H and O–H groups in total. The van der Waals surface area contributed by atoms with Crippen LogP contribution in [0, 0.1) is 16.0 Å². The lowest BCUT2D eigenvalue weighted by molar-refractivity contribution is -0.383. The van der Waals surface area contributed by atoms with Crippen LogP contribution in [0.4, 0.5) is 11.4 Å². The van der Waals surface area contributed by atoms with Crippen LogP contribution in [0.25, 0.3) is 0 Å². The van der Waals surface area contributed by atoms with Crippen molar-refractivity contribution in [2.45, 2.75) is 43.6 Å². The topological polar surface area (TPSA) is 69.2 Å². The van der Waals surface area contributed by atoms with Crippen LogP contribution in [0.1, 0.15) is 38.2 Å². The fourth-order valence-corrected chi connectivity index (χ4v) is 4.09. The summed E-state index contributed by atoms with van der Waals surface area (Å²) in [6.07, 6.45) is 5.13. The maximum absolute atomic E-state index is 10.8. The minimum absolute atomic E-state index is 0.0233. The van der Waals surface area contributed by atoms with Gasteiger partial charge in [-0.2, -0.15) is 11.8 Å². The summed E-state index contributed by atoms with van der Waals surface area (Å²) in [5.41, 5.74) is 7.10. The SMILES string of the molecule is CC1CCCC(SCc2cccc([N+](=O)[O-])c2N)C1. The zero-order valence-electron chi connectivity index (χ0n) is 11.2. The van der Waals surface area contributed by atoms with Crippen molar-refractivity contribution in [1.82, 2.24) is 0 Å². The molecule has 5 heteroatoms. The number of para-hydroxylation sites is 1. The van der Waals surface area contributed by atoms with Crippen molar-refractivity contribution in [3.8, 4) is 0 Å². The number of hydrogen-bond donors (Lipinski definition) is 1. The van der Waals surface area contributed by atoms with Crippen LogP contribution in [0.5, 0.6) is 0 Å². The largest absolute Gasteiger partial charge is 0.393 e. The summed E-state index contributed by atoms with van der Waals surface area (Å²) in [6, 6.07) is 5.07. The van der Waals surface area contributed by atoms with Gasteiger partial charge in [0, 0.05) is 17.1 Å². The van der Waals surface area contributed by atoms with Crippen molar-refractivity contribution >= 4 is 23.1 Å². The van der Waals surface area contributed by atoms with Gasteiger partial charge in [0.1, 0.15) is 5.69 Å². The van der Waals surface area contributed by atoms with E-state index in [1.807, 2.05) is 17.8 Å². The maximum atomic E-state index is 10.8. The molecule has 2 rings (SSSR count). The van der Waals surface area contributed by atoms with E-state index < -0.39 is 4.92 Å². The Morgan fingerprint density at radius 3 is 2.95 bits per heavy atom. The molecule has 4 nitrogen and oxygen atoms in total. The van der Waals surface area contributed by atoms with E-state index in [1.54, 1.807) is 6.07 Å². The van der Waals surface area contributed by atoms with Gasteiger partial charge in [0.25, 0.3) is 5.69 Å². The maximum Gasteiger partial charge on any atom is 0.292 e. The molecule has 19 heavy (non-hydrogen) atoms. The normalized spacial score (nSPS) is 23.2. The third-order valence-corrected chi connectivity index (χ3v) is 5.11. The Bertz CT molecular complexity index is 465. The van der Waals surface area contributed by atoms with Crippen LogP contribution in [-0.2, 0) is 5.75 Å². The summed E-state index contributed by atoms with van der Waals surface area (Å²) in [7, 11) is 0. The number of anilines is 1. The summed E-state index contributed by atoms with van der Waals surface area (Å²) in [6.45, 7) is 2.30. The Morgan fingerprint density at radius 1 is 1.47 bits per heavy atom. The first-order chi connectivity index (χ1) is 9.08. The molecule has 0 heterocycles. The molecule has 0 spiro atoms. The average molecular weight is 280 g/mol. The highest BCUT2D eigenvalue weighted by Crippen LogP contribution is 2.35. The molecule has 1 aromatic carbocycles. The molecule has 1 saturated carbocycles. The molecule has 1 aliphatic rings. The lowest BCUT2D eigenvalue weighted by Gasteiger charge is -2.26. The number of rotatable bonds is 4. The number of nitrogen functional groups attached to an aromatic ring is 1. The van der Waals surface area contributed by atoms with Gasteiger partial charge in [0.05, 0.1) is 4.92 Å². The predicted molar refractivity (Wildman–Crippen MR) is 80.2 cm³/mol. The lowest BCUT2D eigenvalue weighted by atomic mass is 9.91. The first-order valence-corrected chi connectivity index (χ1v) is 7.76. The Kier molecular flexibility index (Phi) is 4.69. The molecule has 2 atom stereocenters. The van der Waals surface area contributed by atoms with Gasteiger partial charge in [0.2, 0.25) is 0 Å². The molecule has 104 valence electrons. The van der Waals surface area contributed by atoms with E-state index in [-0.39, 0.29) is 5.69 Å². The number of hydrogen-bond acceptors (Lipinski definition) is 4. The highest BCUT2D eigenvalue weighted by molar-refractivity contribution is 7.99. The summed E-state index contributed by atoms with van der Waals surface area (Å²) in [5, 5.41) is 11.5. The van der Waals surface area contributed by atoms with E-state index >= 15 is 0 Å². The summed E-state index contributed by atoms with van der Waals surface area (Å²) >= 11 is 1.89. The van der Waals surface area contributed by atoms with Crippen LogP contribution in [0.3, 0.4) is 0 Å². The number of nitro groups is 1. The van der Waals surface area contributed by atoms with Crippen LogP contribution in [0.15, 0.2) is 18.2 Å². The second kappa shape index (κ2) is 6.28. The molecule has 1 aliphatic carbocycles. The van der Waals surface area contributed by atoms with Gasteiger partial charge in [-0.15, -0.1) is 0 Å². The first-order valence-electron chi connectivity index (χ1n) is 6.71. The fraction of sp³-hybridized carbons (Fsp3) is 0.571. The predicted octanol–water partition coefficient (Wildman–Crippen LogP) is 3.99. The van der Waals surface area contributed by atoms with Gasteiger partial charge >= 0.3 is 0 Å². The quantitative estimate of drug-likeness (QED) is 0.514. The van der Waals surface area contributed by atoms with Gasteiger partial charge in [-0.25, -0.2) is 0 Å². The number of nitrogens with zero attached hydrogens (tertiary/aromatic N) is 1. The molecule has 0 saturated heterocycles.